The Morgan fingerprint density at radius 3 is 2.48 bits per heavy atom. The summed E-state index contributed by atoms with van der Waals surface area (Å²) in [6.45, 7) is 6.36. The number of halogens is 1. The van der Waals surface area contributed by atoms with E-state index in [1.54, 1.807) is 24.3 Å². The number of hydrogen-bond acceptors (Lipinski definition) is 3. The van der Waals surface area contributed by atoms with Crippen molar-refractivity contribution in [2.45, 2.75) is 45.3 Å². The Bertz CT molecular complexity index is 496. The van der Waals surface area contributed by atoms with Crippen LogP contribution >= 0.6 is 11.6 Å². The van der Waals surface area contributed by atoms with E-state index in [9.17, 15) is 9.90 Å². The lowest BCUT2D eigenvalue weighted by Crippen LogP contribution is -2.46. The first-order valence-electron chi connectivity index (χ1n) is 8.42. The SMILES string of the molecule is CC(C)CC(O)CNC1CCN(C(=O)c2ccc(Cl)cc2)CC1. The molecule has 1 unspecified atom stereocenters. The van der Waals surface area contributed by atoms with Crippen molar-refractivity contribution in [1.29, 1.82) is 0 Å². The molecule has 0 radical (unpaired) electrons. The number of hydrogen-bond donors (Lipinski definition) is 2. The molecular formula is C18H27ClN2O2. The van der Waals surface area contributed by atoms with Gasteiger partial charge in [-0.3, -0.25) is 4.79 Å². The van der Waals surface area contributed by atoms with Crippen LogP contribution < -0.4 is 5.32 Å². The highest BCUT2D eigenvalue weighted by Crippen LogP contribution is 2.16. The molecule has 23 heavy (non-hydrogen) atoms. The summed E-state index contributed by atoms with van der Waals surface area (Å²) in [5.41, 5.74) is 0.688. The number of rotatable bonds is 6. The van der Waals surface area contributed by atoms with Gasteiger partial charge in [-0.25, -0.2) is 0 Å². The summed E-state index contributed by atoms with van der Waals surface area (Å²) in [4.78, 5) is 14.3. The van der Waals surface area contributed by atoms with Gasteiger partial charge in [-0.2, -0.15) is 0 Å². The Labute approximate surface area is 143 Å². The van der Waals surface area contributed by atoms with Gasteiger partial charge in [0.25, 0.3) is 5.91 Å². The van der Waals surface area contributed by atoms with Crippen molar-refractivity contribution < 1.29 is 9.90 Å². The molecule has 1 aromatic rings. The number of piperidine rings is 1. The fourth-order valence-corrected chi connectivity index (χ4v) is 3.12. The molecule has 5 heteroatoms. The third kappa shape index (κ3) is 5.79. The van der Waals surface area contributed by atoms with Crippen LogP contribution in [-0.4, -0.2) is 47.7 Å². The highest BCUT2D eigenvalue weighted by atomic mass is 35.5. The van der Waals surface area contributed by atoms with Crippen LogP contribution in [0.3, 0.4) is 0 Å². The highest BCUT2D eigenvalue weighted by molar-refractivity contribution is 6.30. The molecular weight excluding hydrogens is 312 g/mol. The molecule has 1 amide bonds. The van der Waals surface area contributed by atoms with E-state index in [4.69, 9.17) is 11.6 Å². The molecule has 128 valence electrons. The lowest BCUT2D eigenvalue weighted by atomic mass is 10.0. The number of likely N-dealkylation sites (tertiary alicyclic amines) is 1. The van der Waals surface area contributed by atoms with Crippen LogP contribution in [0.1, 0.15) is 43.5 Å². The second-order valence-corrected chi connectivity index (χ2v) is 7.20. The number of benzene rings is 1. The average molecular weight is 339 g/mol. The van der Waals surface area contributed by atoms with E-state index in [1.165, 1.54) is 0 Å². The maximum absolute atomic E-state index is 12.4. The van der Waals surface area contributed by atoms with Crippen molar-refractivity contribution in [2.24, 2.45) is 5.92 Å². The van der Waals surface area contributed by atoms with Gasteiger partial charge in [0.1, 0.15) is 0 Å². The fourth-order valence-electron chi connectivity index (χ4n) is 2.99. The first-order valence-corrected chi connectivity index (χ1v) is 8.79. The maximum Gasteiger partial charge on any atom is 0.253 e. The summed E-state index contributed by atoms with van der Waals surface area (Å²) >= 11 is 5.86. The Hall–Kier alpha value is -1.10. The van der Waals surface area contributed by atoms with Gasteiger partial charge in [0, 0.05) is 36.3 Å². The third-order valence-electron chi connectivity index (χ3n) is 4.26. The second kappa shape index (κ2) is 8.67. The number of amides is 1. The molecule has 0 saturated carbocycles. The zero-order chi connectivity index (χ0) is 16.8. The average Bonchev–Trinajstić information content (AvgIpc) is 2.53. The number of aliphatic hydroxyl groups is 1. The van der Waals surface area contributed by atoms with E-state index in [0.29, 0.717) is 29.1 Å². The minimum Gasteiger partial charge on any atom is -0.392 e. The minimum atomic E-state index is -0.288. The molecule has 1 aliphatic rings. The Morgan fingerprint density at radius 2 is 1.91 bits per heavy atom. The summed E-state index contributed by atoms with van der Waals surface area (Å²) in [6.07, 6.45) is 2.38. The molecule has 0 aromatic heterocycles. The third-order valence-corrected chi connectivity index (χ3v) is 4.51. The van der Waals surface area contributed by atoms with Gasteiger partial charge in [-0.1, -0.05) is 25.4 Å². The number of aliphatic hydroxyl groups excluding tert-OH is 1. The van der Waals surface area contributed by atoms with Crippen LogP contribution in [0.2, 0.25) is 5.02 Å². The summed E-state index contributed by atoms with van der Waals surface area (Å²) < 4.78 is 0. The zero-order valence-electron chi connectivity index (χ0n) is 14.0. The Kier molecular flexibility index (Phi) is 6.88. The molecule has 0 bridgehead atoms. The van der Waals surface area contributed by atoms with Crippen LogP contribution in [-0.2, 0) is 0 Å². The van der Waals surface area contributed by atoms with Gasteiger partial charge in [0.15, 0.2) is 0 Å². The lowest BCUT2D eigenvalue weighted by molar-refractivity contribution is 0.0695. The van der Waals surface area contributed by atoms with Crippen molar-refractivity contribution in [3.05, 3.63) is 34.9 Å². The molecule has 1 saturated heterocycles. The molecule has 1 atom stereocenters. The van der Waals surface area contributed by atoms with Gasteiger partial charge in [0.2, 0.25) is 0 Å². The van der Waals surface area contributed by atoms with E-state index in [1.807, 2.05) is 4.90 Å². The molecule has 0 aliphatic carbocycles. The van der Waals surface area contributed by atoms with Gasteiger partial charge in [-0.15, -0.1) is 0 Å². The molecule has 1 heterocycles. The zero-order valence-corrected chi connectivity index (χ0v) is 14.7. The van der Waals surface area contributed by atoms with Crippen molar-refractivity contribution in [3.8, 4) is 0 Å². The van der Waals surface area contributed by atoms with Crippen molar-refractivity contribution in [3.63, 3.8) is 0 Å². The van der Waals surface area contributed by atoms with Gasteiger partial charge in [-0.05, 0) is 49.4 Å². The first-order chi connectivity index (χ1) is 11.0. The molecule has 2 N–H and O–H groups in total. The second-order valence-electron chi connectivity index (χ2n) is 6.76. The summed E-state index contributed by atoms with van der Waals surface area (Å²) in [5.74, 6) is 0.575. The van der Waals surface area contributed by atoms with Crippen LogP contribution in [0, 0.1) is 5.92 Å². The number of carbonyl (C=O) groups excluding carboxylic acids is 1. The van der Waals surface area contributed by atoms with Gasteiger partial charge in [0.05, 0.1) is 6.10 Å². The van der Waals surface area contributed by atoms with E-state index < -0.39 is 0 Å². The summed E-state index contributed by atoms with van der Waals surface area (Å²) in [7, 11) is 0. The minimum absolute atomic E-state index is 0.0694. The van der Waals surface area contributed by atoms with Crippen molar-refractivity contribution in [1.82, 2.24) is 10.2 Å². The Balaban J connectivity index is 1.75. The smallest absolute Gasteiger partial charge is 0.253 e. The normalized spacial score (nSPS) is 17.5. The highest BCUT2D eigenvalue weighted by Gasteiger charge is 2.23. The molecule has 1 aromatic carbocycles. The van der Waals surface area contributed by atoms with E-state index >= 15 is 0 Å². The van der Waals surface area contributed by atoms with E-state index in [2.05, 4.69) is 19.2 Å². The largest absolute Gasteiger partial charge is 0.392 e. The predicted octanol–water partition coefficient (Wildman–Crippen LogP) is 2.94. The van der Waals surface area contributed by atoms with E-state index in [0.717, 1.165) is 32.4 Å². The Morgan fingerprint density at radius 1 is 1.30 bits per heavy atom. The fraction of sp³-hybridized carbons (Fsp3) is 0.611. The predicted molar refractivity (Wildman–Crippen MR) is 93.8 cm³/mol. The van der Waals surface area contributed by atoms with Gasteiger partial charge >= 0.3 is 0 Å². The molecule has 1 aliphatic heterocycles. The standard InChI is InChI=1S/C18H27ClN2O2/c1-13(2)11-17(22)12-20-16-7-9-21(10-8-16)18(23)14-3-5-15(19)6-4-14/h3-6,13,16-17,20,22H,7-12H2,1-2H3. The number of carbonyl (C=O) groups is 1. The quantitative estimate of drug-likeness (QED) is 0.838. The monoisotopic (exact) mass is 338 g/mol. The van der Waals surface area contributed by atoms with Crippen molar-refractivity contribution in [2.75, 3.05) is 19.6 Å². The molecule has 1 fully saturated rings. The van der Waals surface area contributed by atoms with E-state index in [-0.39, 0.29) is 12.0 Å². The summed E-state index contributed by atoms with van der Waals surface area (Å²) in [6, 6.07) is 7.43. The molecule has 0 spiro atoms. The van der Waals surface area contributed by atoms with Crippen LogP contribution in [0.15, 0.2) is 24.3 Å². The van der Waals surface area contributed by atoms with Crippen molar-refractivity contribution >= 4 is 17.5 Å². The van der Waals surface area contributed by atoms with Crippen LogP contribution in [0.4, 0.5) is 0 Å². The molecule has 2 rings (SSSR count). The van der Waals surface area contributed by atoms with Crippen LogP contribution in [0.5, 0.6) is 0 Å². The maximum atomic E-state index is 12.4. The lowest BCUT2D eigenvalue weighted by Gasteiger charge is -2.33. The topological polar surface area (TPSA) is 52.6 Å². The number of nitrogens with one attached hydrogen (secondary N) is 1. The first kappa shape index (κ1) is 18.2. The summed E-state index contributed by atoms with van der Waals surface area (Å²) in [5, 5.41) is 14.0. The number of nitrogens with zero attached hydrogens (tertiary/aromatic N) is 1. The van der Waals surface area contributed by atoms with Crippen LogP contribution in [0.25, 0.3) is 0 Å². The molecule has 4 nitrogen and oxygen atoms in total. The van der Waals surface area contributed by atoms with Gasteiger partial charge < -0.3 is 15.3 Å².